The largest absolute Gasteiger partial charge is 0.465 e. The molecule has 0 atom stereocenters. The SMILES string of the molecule is COC(=O)c1cccc(Nc2cc(N(C)c3ccccc3)nc(C)n2)c1. The predicted molar refractivity (Wildman–Crippen MR) is 102 cm³/mol. The molecule has 0 spiro atoms. The monoisotopic (exact) mass is 348 g/mol. The highest BCUT2D eigenvalue weighted by molar-refractivity contribution is 5.90. The summed E-state index contributed by atoms with van der Waals surface area (Å²) in [5.74, 6) is 1.70. The standard InChI is InChI=1S/C20H20N4O2/c1-14-21-18(23-16-9-7-8-15(12-16)20(25)26-3)13-19(22-14)24(2)17-10-5-4-6-11-17/h4-13H,1-3H3,(H,21,22,23). The Balaban J connectivity index is 1.88. The number of methoxy groups -OCH3 is 1. The zero-order valence-electron chi connectivity index (χ0n) is 14.9. The molecule has 0 radical (unpaired) electrons. The fourth-order valence-electron chi connectivity index (χ4n) is 2.56. The minimum Gasteiger partial charge on any atom is -0.465 e. The van der Waals surface area contributed by atoms with Crippen LogP contribution in [-0.2, 0) is 4.74 Å². The fourth-order valence-corrected chi connectivity index (χ4v) is 2.56. The summed E-state index contributed by atoms with van der Waals surface area (Å²) in [6.07, 6.45) is 0. The number of esters is 1. The van der Waals surface area contributed by atoms with E-state index < -0.39 is 0 Å². The molecule has 1 aromatic heterocycles. The maximum Gasteiger partial charge on any atom is 0.337 e. The summed E-state index contributed by atoms with van der Waals surface area (Å²) in [6, 6.07) is 18.9. The van der Waals surface area contributed by atoms with Gasteiger partial charge in [-0.3, -0.25) is 0 Å². The molecule has 0 saturated heterocycles. The maximum atomic E-state index is 11.7. The van der Waals surface area contributed by atoms with Crippen LogP contribution < -0.4 is 10.2 Å². The third kappa shape index (κ3) is 3.97. The highest BCUT2D eigenvalue weighted by Gasteiger charge is 2.10. The molecule has 0 aliphatic carbocycles. The zero-order valence-corrected chi connectivity index (χ0v) is 14.9. The van der Waals surface area contributed by atoms with E-state index in [2.05, 4.69) is 15.3 Å². The van der Waals surface area contributed by atoms with Gasteiger partial charge in [-0.2, -0.15) is 0 Å². The smallest absolute Gasteiger partial charge is 0.337 e. The average molecular weight is 348 g/mol. The van der Waals surface area contributed by atoms with Crippen molar-refractivity contribution < 1.29 is 9.53 Å². The molecule has 6 heteroatoms. The Labute approximate surface area is 152 Å². The number of nitrogens with zero attached hydrogens (tertiary/aromatic N) is 3. The molecule has 3 rings (SSSR count). The number of carbonyl (C=O) groups excluding carboxylic acids is 1. The van der Waals surface area contributed by atoms with Crippen LogP contribution in [0.25, 0.3) is 0 Å². The van der Waals surface area contributed by atoms with Crippen molar-refractivity contribution >= 4 is 29.0 Å². The van der Waals surface area contributed by atoms with Crippen molar-refractivity contribution in [1.82, 2.24) is 9.97 Å². The Bertz CT molecular complexity index is 913. The van der Waals surface area contributed by atoms with Crippen molar-refractivity contribution in [1.29, 1.82) is 0 Å². The van der Waals surface area contributed by atoms with E-state index >= 15 is 0 Å². The Morgan fingerprint density at radius 3 is 2.54 bits per heavy atom. The molecule has 0 aliphatic rings. The van der Waals surface area contributed by atoms with Gasteiger partial charge in [-0.1, -0.05) is 24.3 Å². The number of para-hydroxylation sites is 1. The van der Waals surface area contributed by atoms with Gasteiger partial charge in [-0.25, -0.2) is 14.8 Å². The van der Waals surface area contributed by atoms with Gasteiger partial charge < -0.3 is 15.0 Å². The summed E-state index contributed by atoms with van der Waals surface area (Å²) in [5, 5.41) is 3.23. The molecule has 0 saturated carbocycles. The number of aryl methyl sites for hydroxylation is 1. The summed E-state index contributed by atoms with van der Waals surface area (Å²) >= 11 is 0. The number of nitrogens with one attached hydrogen (secondary N) is 1. The normalized spacial score (nSPS) is 10.3. The van der Waals surface area contributed by atoms with Gasteiger partial charge in [0.05, 0.1) is 12.7 Å². The lowest BCUT2D eigenvalue weighted by Gasteiger charge is -2.19. The topological polar surface area (TPSA) is 67.3 Å². The van der Waals surface area contributed by atoms with Gasteiger partial charge in [-0.15, -0.1) is 0 Å². The highest BCUT2D eigenvalue weighted by atomic mass is 16.5. The molecule has 0 fully saturated rings. The quantitative estimate of drug-likeness (QED) is 0.701. The fraction of sp³-hybridized carbons (Fsp3) is 0.150. The van der Waals surface area contributed by atoms with Gasteiger partial charge in [0.25, 0.3) is 0 Å². The van der Waals surface area contributed by atoms with Crippen LogP contribution in [0.15, 0.2) is 60.7 Å². The minimum atomic E-state index is -0.378. The van der Waals surface area contributed by atoms with Crippen LogP contribution >= 0.6 is 0 Å². The first-order valence-electron chi connectivity index (χ1n) is 8.16. The van der Waals surface area contributed by atoms with Crippen LogP contribution in [0, 0.1) is 6.92 Å². The van der Waals surface area contributed by atoms with Gasteiger partial charge >= 0.3 is 5.97 Å². The number of benzene rings is 2. The maximum absolute atomic E-state index is 11.7. The van der Waals surface area contributed by atoms with E-state index in [1.54, 1.807) is 18.2 Å². The van der Waals surface area contributed by atoms with Crippen molar-refractivity contribution in [2.75, 3.05) is 24.4 Å². The molecule has 3 aromatic rings. The number of ether oxygens (including phenoxy) is 1. The lowest BCUT2D eigenvalue weighted by atomic mass is 10.2. The van der Waals surface area contributed by atoms with E-state index in [-0.39, 0.29) is 5.97 Å². The van der Waals surface area contributed by atoms with Gasteiger partial charge in [0.2, 0.25) is 0 Å². The number of hydrogen-bond acceptors (Lipinski definition) is 6. The van der Waals surface area contributed by atoms with Crippen molar-refractivity contribution in [3.05, 3.63) is 72.1 Å². The Morgan fingerprint density at radius 1 is 1.04 bits per heavy atom. The second-order valence-electron chi connectivity index (χ2n) is 5.75. The van der Waals surface area contributed by atoms with Crippen LogP contribution in [0.3, 0.4) is 0 Å². The van der Waals surface area contributed by atoms with Crippen LogP contribution in [0.5, 0.6) is 0 Å². The van der Waals surface area contributed by atoms with Gasteiger partial charge in [0.1, 0.15) is 17.5 Å². The van der Waals surface area contributed by atoms with Crippen molar-refractivity contribution in [3.63, 3.8) is 0 Å². The van der Waals surface area contributed by atoms with Crippen LogP contribution in [-0.4, -0.2) is 30.1 Å². The number of hydrogen-bond donors (Lipinski definition) is 1. The molecule has 0 unspecified atom stereocenters. The van der Waals surface area contributed by atoms with Crippen molar-refractivity contribution in [2.45, 2.75) is 6.92 Å². The minimum absolute atomic E-state index is 0.378. The summed E-state index contributed by atoms with van der Waals surface area (Å²) < 4.78 is 4.76. The van der Waals surface area contributed by atoms with E-state index in [1.807, 2.05) is 61.3 Å². The second-order valence-corrected chi connectivity index (χ2v) is 5.75. The first-order chi connectivity index (χ1) is 12.6. The predicted octanol–water partition coefficient (Wildman–Crippen LogP) is 4.08. The first-order valence-corrected chi connectivity index (χ1v) is 8.16. The number of aromatic nitrogens is 2. The molecule has 132 valence electrons. The van der Waals surface area contributed by atoms with Crippen molar-refractivity contribution in [3.8, 4) is 0 Å². The Morgan fingerprint density at radius 2 is 1.81 bits per heavy atom. The summed E-state index contributed by atoms with van der Waals surface area (Å²) in [7, 11) is 3.32. The molecule has 1 heterocycles. The molecule has 2 aromatic carbocycles. The Kier molecular flexibility index (Phi) is 5.12. The molecule has 1 N–H and O–H groups in total. The molecule has 0 amide bonds. The molecule has 0 bridgehead atoms. The molecule has 6 nitrogen and oxygen atoms in total. The summed E-state index contributed by atoms with van der Waals surface area (Å²) in [6.45, 7) is 1.85. The molecular formula is C20H20N4O2. The number of rotatable bonds is 5. The van der Waals surface area contributed by atoms with Gasteiger partial charge in [-0.05, 0) is 37.3 Å². The number of carbonyl (C=O) groups is 1. The molecule has 0 aliphatic heterocycles. The van der Waals surface area contributed by atoms with E-state index in [0.29, 0.717) is 17.2 Å². The summed E-state index contributed by atoms with van der Waals surface area (Å²) in [4.78, 5) is 22.6. The lowest BCUT2D eigenvalue weighted by Crippen LogP contribution is -2.13. The molecule has 26 heavy (non-hydrogen) atoms. The first kappa shape index (κ1) is 17.4. The van der Waals surface area contributed by atoms with E-state index in [4.69, 9.17) is 4.74 Å². The van der Waals surface area contributed by atoms with Crippen molar-refractivity contribution in [2.24, 2.45) is 0 Å². The van der Waals surface area contributed by atoms with E-state index in [0.717, 1.165) is 17.2 Å². The second kappa shape index (κ2) is 7.65. The van der Waals surface area contributed by atoms with Gasteiger partial charge in [0.15, 0.2) is 0 Å². The highest BCUT2D eigenvalue weighted by Crippen LogP contribution is 2.25. The average Bonchev–Trinajstić information content (AvgIpc) is 2.67. The van der Waals surface area contributed by atoms with E-state index in [1.165, 1.54) is 7.11 Å². The number of anilines is 4. The van der Waals surface area contributed by atoms with Gasteiger partial charge in [0, 0.05) is 24.5 Å². The lowest BCUT2D eigenvalue weighted by molar-refractivity contribution is 0.0601. The Hall–Kier alpha value is -3.41. The third-order valence-corrected chi connectivity index (χ3v) is 3.87. The third-order valence-electron chi connectivity index (χ3n) is 3.87. The van der Waals surface area contributed by atoms with Crippen LogP contribution in [0.1, 0.15) is 16.2 Å². The van der Waals surface area contributed by atoms with Crippen LogP contribution in [0.2, 0.25) is 0 Å². The van der Waals surface area contributed by atoms with Crippen LogP contribution in [0.4, 0.5) is 23.0 Å². The molecular weight excluding hydrogens is 328 g/mol. The summed E-state index contributed by atoms with van der Waals surface area (Å²) in [5.41, 5.74) is 2.26. The van der Waals surface area contributed by atoms with E-state index in [9.17, 15) is 4.79 Å². The zero-order chi connectivity index (χ0) is 18.5.